The molecule has 0 fully saturated rings. The van der Waals surface area contributed by atoms with Gasteiger partial charge in [-0.1, -0.05) is 12.1 Å². The van der Waals surface area contributed by atoms with Gasteiger partial charge in [0.05, 0.1) is 0 Å². The first-order valence-electron chi connectivity index (χ1n) is 5.09. The van der Waals surface area contributed by atoms with Crippen LogP contribution in [0.3, 0.4) is 0 Å². The molecule has 100 valence electrons. The highest BCUT2D eigenvalue weighted by Crippen LogP contribution is 2.38. The van der Waals surface area contributed by atoms with Crippen LogP contribution in [0.25, 0.3) is 11.1 Å². The summed E-state index contributed by atoms with van der Waals surface area (Å²) in [5.41, 5.74) is 7.65. The van der Waals surface area contributed by atoms with Gasteiger partial charge in [0.15, 0.2) is 0 Å². The van der Waals surface area contributed by atoms with Crippen molar-refractivity contribution >= 4 is 23.5 Å². The summed E-state index contributed by atoms with van der Waals surface area (Å²) in [6.45, 7) is 0. The van der Waals surface area contributed by atoms with E-state index in [9.17, 15) is 13.2 Å². The van der Waals surface area contributed by atoms with Crippen molar-refractivity contribution in [3.8, 4) is 11.1 Å². The normalized spacial score (nSPS) is 11.5. The van der Waals surface area contributed by atoms with Crippen molar-refractivity contribution in [2.75, 3.05) is 11.5 Å². The van der Waals surface area contributed by atoms with Crippen LogP contribution in [0.1, 0.15) is 0 Å². The monoisotopic (exact) mass is 286 g/mol. The van der Waals surface area contributed by atoms with Crippen LogP contribution in [0.15, 0.2) is 35.4 Å². The summed E-state index contributed by atoms with van der Waals surface area (Å²) >= 11 is -0.188. The van der Waals surface area contributed by atoms with Gasteiger partial charge in [-0.2, -0.15) is 18.2 Å². The van der Waals surface area contributed by atoms with Crippen LogP contribution in [0.4, 0.5) is 24.9 Å². The molecule has 1 aromatic heterocycles. The lowest BCUT2D eigenvalue weighted by Crippen LogP contribution is -2.01. The van der Waals surface area contributed by atoms with E-state index in [-0.39, 0.29) is 28.4 Å². The SMILES string of the molecule is Nc1ncc(-c2cccc(SC(F)(F)F)c2)c(N)n1. The summed E-state index contributed by atoms with van der Waals surface area (Å²) < 4.78 is 36.9. The van der Waals surface area contributed by atoms with Gasteiger partial charge >= 0.3 is 5.51 Å². The number of hydrogen-bond donors (Lipinski definition) is 2. The number of halogens is 3. The van der Waals surface area contributed by atoms with E-state index < -0.39 is 5.51 Å². The first-order chi connectivity index (χ1) is 8.85. The number of aromatic nitrogens is 2. The Morgan fingerprint density at radius 2 is 1.89 bits per heavy atom. The average molecular weight is 286 g/mol. The Balaban J connectivity index is 2.38. The third kappa shape index (κ3) is 3.50. The van der Waals surface area contributed by atoms with Crippen molar-refractivity contribution in [3.63, 3.8) is 0 Å². The molecule has 19 heavy (non-hydrogen) atoms. The second-order valence-corrected chi connectivity index (χ2v) is 4.74. The number of alkyl halides is 3. The summed E-state index contributed by atoms with van der Waals surface area (Å²) in [5.74, 6) is 0.142. The molecule has 2 aromatic rings. The van der Waals surface area contributed by atoms with Crippen LogP contribution in [0, 0.1) is 0 Å². The second-order valence-electron chi connectivity index (χ2n) is 3.60. The van der Waals surface area contributed by atoms with E-state index >= 15 is 0 Å². The van der Waals surface area contributed by atoms with E-state index in [1.807, 2.05) is 0 Å². The standard InChI is InChI=1S/C11H9F3N4S/c12-11(13,14)19-7-3-1-2-6(4-7)8-5-17-10(16)18-9(8)15/h1-5H,(H4,15,16,17,18). The van der Waals surface area contributed by atoms with Crippen LogP contribution >= 0.6 is 11.8 Å². The highest BCUT2D eigenvalue weighted by molar-refractivity contribution is 8.00. The summed E-state index contributed by atoms with van der Waals surface area (Å²) in [5, 5.41) is 0. The number of anilines is 2. The van der Waals surface area contributed by atoms with Crippen LogP contribution in [0.2, 0.25) is 0 Å². The van der Waals surface area contributed by atoms with Gasteiger partial charge in [-0.3, -0.25) is 0 Å². The van der Waals surface area contributed by atoms with Crippen molar-refractivity contribution in [2.45, 2.75) is 10.4 Å². The summed E-state index contributed by atoms with van der Waals surface area (Å²) in [6, 6.07) is 5.89. The van der Waals surface area contributed by atoms with E-state index in [1.54, 1.807) is 6.07 Å². The fourth-order valence-electron chi connectivity index (χ4n) is 1.49. The first-order valence-corrected chi connectivity index (χ1v) is 5.91. The molecule has 8 heteroatoms. The van der Waals surface area contributed by atoms with Gasteiger partial charge in [-0.05, 0) is 29.5 Å². The Morgan fingerprint density at radius 1 is 1.16 bits per heavy atom. The number of thioether (sulfide) groups is 1. The smallest absolute Gasteiger partial charge is 0.383 e. The van der Waals surface area contributed by atoms with Crippen molar-refractivity contribution in [1.29, 1.82) is 0 Å². The molecule has 0 unspecified atom stereocenters. The predicted octanol–water partition coefficient (Wildman–Crippen LogP) is 2.92. The largest absolute Gasteiger partial charge is 0.446 e. The Bertz CT molecular complexity index is 601. The van der Waals surface area contributed by atoms with Crippen molar-refractivity contribution in [3.05, 3.63) is 30.5 Å². The molecule has 4 nitrogen and oxygen atoms in total. The second kappa shape index (κ2) is 4.96. The molecule has 0 radical (unpaired) electrons. The lowest BCUT2D eigenvalue weighted by Gasteiger charge is -2.08. The van der Waals surface area contributed by atoms with Gasteiger partial charge in [0.25, 0.3) is 0 Å². The number of nitrogens with two attached hydrogens (primary N) is 2. The first kappa shape index (κ1) is 13.5. The topological polar surface area (TPSA) is 77.8 Å². The lowest BCUT2D eigenvalue weighted by atomic mass is 10.1. The zero-order valence-electron chi connectivity index (χ0n) is 9.48. The highest BCUT2D eigenvalue weighted by atomic mass is 32.2. The number of rotatable bonds is 2. The molecule has 1 aromatic carbocycles. The van der Waals surface area contributed by atoms with Crippen LogP contribution < -0.4 is 11.5 Å². The maximum absolute atomic E-state index is 12.3. The minimum Gasteiger partial charge on any atom is -0.383 e. The highest BCUT2D eigenvalue weighted by Gasteiger charge is 2.29. The molecule has 0 bridgehead atoms. The summed E-state index contributed by atoms with van der Waals surface area (Å²) in [6.07, 6.45) is 1.38. The molecule has 0 atom stereocenters. The molecule has 0 aliphatic carbocycles. The van der Waals surface area contributed by atoms with Gasteiger partial charge in [0.1, 0.15) is 5.82 Å². The number of hydrogen-bond acceptors (Lipinski definition) is 5. The Kier molecular flexibility index (Phi) is 3.52. The van der Waals surface area contributed by atoms with Crippen LogP contribution in [-0.4, -0.2) is 15.5 Å². The maximum Gasteiger partial charge on any atom is 0.446 e. The molecule has 0 aliphatic heterocycles. The van der Waals surface area contributed by atoms with Crippen molar-refractivity contribution < 1.29 is 13.2 Å². The lowest BCUT2D eigenvalue weighted by molar-refractivity contribution is -0.0328. The zero-order valence-corrected chi connectivity index (χ0v) is 10.3. The minimum absolute atomic E-state index is 0.0158. The number of nitrogen functional groups attached to an aromatic ring is 2. The van der Waals surface area contributed by atoms with Gasteiger partial charge in [-0.25, -0.2) is 4.98 Å². The van der Waals surface area contributed by atoms with Crippen molar-refractivity contribution in [2.24, 2.45) is 0 Å². The van der Waals surface area contributed by atoms with E-state index in [0.29, 0.717) is 11.1 Å². The Morgan fingerprint density at radius 3 is 2.53 bits per heavy atom. The third-order valence-corrected chi connectivity index (χ3v) is 2.94. The van der Waals surface area contributed by atoms with Crippen LogP contribution in [0.5, 0.6) is 0 Å². The van der Waals surface area contributed by atoms with Gasteiger partial charge < -0.3 is 11.5 Å². The molecule has 4 N–H and O–H groups in total. The fraction of sp³-hybridized carbons (Fsp3) is 0.0909. The molecule has 0 amide bonds. The van der Waals surface area contributed by atoms with E-state index in [0.717, 1.165) is 0 Å². The summed E-state index contributed by atoms with van der Waals surface area (Å²) in [4.78, 5) is 7.62. The summed E-state index contributed by atoms with van der Waals surface area (Å²) in [7, 11) is 0. The Labute approximate surface area is 111 Å². The fourth-order valence-corrected chi connectivity index (χ4v) is 2.09. The molecular weight excluding hydrogens is 277 g/mol. The van der Waals surface area contributed by atoms with Gasteiger partial charge in [0, 0.05) is 16.7 Å². The third-order valence-electron chi connectivity index (χ3n) is 2.22. The van der Waals surface area contributed by atoms with E-state index in [1.165, 1.54) is 24.4 Å². The van der Waals surface area contributed by atoms with Crippen LogP contribution in [-0.2, 0) is 0 Å². The molecule has 1 heterocycles. The zero-order chi connectivity index (χ0) is 14.0. The van der Waals surface area contributed by atoms with Crippen molar-refractivity contribution in [1.82, 2.24) is 9.97 Å². The van der Waals surface area contributed by atoms with E-state index in [2.05, 4.69) is 9.97 Å². The molecular formula is C11H9F3N4S. The number of nitrogens with zero attached hydrogens (tertiary/aromatic N) is 2. The molecule has 0 saturated carbocycles. The molecule has 0 spiro atoms. The van der Waals surface area contributed by atoms with E-state index in [4.69, 9.17) is 11.5 Å². The van der Waals surface area contributed by atoms with Gasteiger partial charge in [0.2, 0.25) is 5.95 Å². The average Bonchev–Trinajstić information content (AvgIpc) is 2.26. The molecule has 2 rings (SSSR count). The molecule has 0 aliphatic rings. The minimum atomic E-state index is -4.33. The van der Waals surface area contributed by atoms with Gasteiger partial charge in [-0.15, -0.1) is 0 Å². The predicted molar refractivity (Wildman–Crippen MR) is 68.2 cm³/mol. The Hall–Kier alpha value is -1.96. The quantitative estimate of drug-likeness (QED) is 0.830. The number of benzene rings is 1. The molecule has 0 saturated heterocycles. The maximum atomic E-state index is 12.3.